The van der Waals surface area contributed by atoms with Gasteiger partial charge in [0.2, 0.25) is 0 Å². The number of carboxylic acid groups (broad SMARTS) is 1. The number of rotatable bonds is 8. The molecule has 2 aliphatic rings. The number of aliphatic carboxylic acids is 1. The molecule has 0 spiro atoms. The number of halogens is 1. The molecule has 4 rings (SSSR count). The Labute approximate surface area is 229 Å². The lowest BCUT2D eigenvalue weighted by molar-refractivity contribution is -0.139. The van der Waals surface area contributed by atoms with E-state index in [1.807, 2.05) is 54.3 Å². The molecule has 7 nitrogen and oxygen atoms in total. The highest BCUT2D eigenvalue weighted by Crippen LogP contribution is 2.41. The monoisotopic (exact) mass is 620 g/mol. The molecule has 1 heterocycles. The molecule has 2 aromatic rings. The van der Waals surface area contributed by atoms with Crippen LogP contribution >= 0.6 is 34.4 Å². The number of nitrogens with zero attached hydrogens (tertiary/aromatic N) is 2. The van der Waals surface area contributed by atoms with Crippen molar-refractivity contribution in [1.29, 1.82) is 0 Å². The highest BCUT2D eigenvalue weighted by Gasteiger charge is 2.41. The van der Waals surface area contributed by atoms with Gasteiger partial charge in [0, 0.05) is 6.04 Å². The smallest absolute Gasteiger partial charge is 0.341 e. The minimum atomic E-state index is -1.06. The first-order valence-electron chi connectivity index (χ1n) is 12.0. The Morgan fingerprint density at radius 3 is 2.67 bits per heavy atom. The van der Waals surface area contributed by atoms with E-state index in [2.05, 4.69) is 29.5 Å². The van der Waals surface area contributed by atoms with Crippen LogP contribution in [0, 0.1) is 9.49 Å². The molecule has 0 bridgehead atoms. The van der Waals surface area contributed by atoms with Gasteiger partial charge in [-0.15, -0.1) is 0 Å². The van der Waals surface area contributed by atoms with Gasteiger partial charge in [-0.3, -0.25) is 9.69 Å². The molecular formula is C27H29IN2O5S. The third kappa shape index (κ3) is 6.23. The Morgan fingerprint density at radius 1 is 1.22 bits per heavy atom. The number of thioether (sulfide) groups is 1. The zero-order valence-corrected chi connectivity index (χ0v) is 23.3. The highest BCUT2D eigenvalue weighted by atomic mass is 127. The minimum absolute atomic E-state index is 0.0346. The van der Waals surface area contributed by atoms with Crippen molar-refractivity contribution in [2.45, 2.75) is 45.6 Å². The van der Waals surface area contributed by atoms with E-state index in [4.69, 9.17) is 19.6 Å². The molecule has 1 amide bonds. The minimum Gasteiger partial charge on any atom is -0.490 e. The Balaban J connectivity index is 1.70. The van der Waals surface area contributed by atoms with Crippen LogP contribution < -0.4 is 9.47 Å². The molecule has 0 aromatic heterocycles. The normalized spacial score (nSPS) is 22.3. The number of para-hydroxylation sites is 1. The highest BCUT2D eigenvalue weighted by molar-refractivity contribution is 14.1. The van der Waals surface area contributed by atoms with Crippen molar-refractivity contribution in [3.63, 3.8) is 0 Å². The number of carbonyl (C=O) groups excluding carboxylic acids is 1. The lowest BCUT2D eigenvalue weighted by Gasteiger charge is -2.35. The summed E-state index contributed by atoms with van der Waals surface area (Å²) in [5.41, 5.74) is 1.59. The van der Waals surface area contributed by atoms with Gasteiger partial charge >= 0.3 is 5.97 Å². The van der Waals surface area contributed by atoms with E-state index < -0.39 is 12.6 Å². The Hall–Kier alpha value is -2.53. The van der Waals surface area contributed by atoms with E-state index in [0.717, 1.165) is 30.5 Å². The average Bonchev–Trinajstić information content (AvgIpc) is 3.13. The quantitative estimate of drug-likeness (QED) is 0.274. The summed E-state index contributed by atoms with van der Waals surface area (Å²) in [6, 6.07) is 13.5. The second kappa shape index (κ2) is 12.1. The van der Waals surface area contributed by atoms with Crippen LogP contribution in [-0.4, -0.2) is 46.3 Å². The van der Waals surface area contributed by atoms with Crippen molar-refractivity contribution in [3.8, 4) is 11.5 Å². The van der Waals surface area contributed by atoms with Gasteiger partial charge in [-0.2, -0.15) is 0 Å². The first-order valence-corrected chi connectivity index (χ1v) is 13.9. The molecule has 2 fully saturated rings. The van der Waals surface area contributed by atoms with Crippen LogP contribution in [0.25, 0.3) is 6.08 Å². The summed E-state index contributed by atoms with van der Waals surface area (Å²) in [6.07, 6.45) is 6.22. The summed E-state index contributed by atoms with van der Waals surface area (Å²) < 4.78 is 11.9. The van der Waals surface area contributed by atoms with Crippen LogP contribution in [-0.2, 0) is 9.59 Å². The van der Waals surface area contributed by atoms with Crippen LogP contribution in [0.4, 0.5) is 5.69 Å². The Morgan fingerprint density at radius 2 is 1.97 bits per heavy atom. The lowest BCUT2D eigenvalue weighted by atomic mass is 9.85. The van der Waals surface area contributed by atoms with E-state index in [0.29, 0.717) is 37.7 Å². The predicted octanol–water partition coefficient (Wildman–Crippen LogP) is 6.34. The van der Waals surface area contributed by atoms with E-state index >= 15 is 0 Å². The molecule has 0 unspecified atom stereocenters. The van der Waals surface area contributed by atoms with Crippen molar-refractivity contribution >= 4 is 63.2 Å². The van der Waals surface area contributed by atoms with Crippen molar-refractivity contribution in [1.82, 2.24) is 4.90 Å². The van der Waals surface area contributed by atoms with Gasteiger partial charge in [0.05, 0.1) is 20.8 Å². The number of carboxylic acids is 1. The number of hydrogen-bond acceptors (Lipinski definition) is 6. The van der Waals surface area contributed by atoms with Crippen LogP contribution in [0.15, 0.2) is 52.4 Å². The maximum absolute atomic E-state index is 13.7. The molecule has 1 saturated carbocycles. The fourth-order valence-electron chi connectivity index (χ4n) is 4.51. The van der Waals surface area contributed by atoms with Crippen molar-refractivity contribution < 1.29 is 24.2 Å². The van der Waals surface area contributed by atoms with Gasteiger partial charge in [0.1, 0.15) is 0 Å². The SMILES string of the molecule is CCOc1cc(/C=C2\SC(=Nc3ccccc3)N([C@@H]3CCCC[C@@H]3C)C2=O)cc(I)c1OCC(=O)O. The van der Waals surface area contributed by atoms with Gasteiger partial charge in [0.15, 0.2) is 23.3 Å². The van der Waals surface area contributed by atoms with E-state index in [9.17, 15) is 9.59 Å². The van der Waals surface area contributed by atoms with Crippen LogP contribution in [0.1, 0.15) is 45.1 Å². The molecule has 0 radical (unpaired) electrons. The topological polar surface area (TPSA) is 88.4 Å². The van der Waals surface area contributed by atoms with Crippen LogP contribution in [0.5, 0.6) is 11.5 Å². The van der Waals surface area contributed by atoms with Gasteiger partial charge < -0.3 is 14.6 Å². The lowest BCUT2D eigenvalue weighted by Crippen LogP contribution is -2.44. The Kier molecular flexibility index (Phi) is 8.95. The van der Waals surface area contributed by atoms with Crippen molar-refractivity contribution in [2.75, 3.05) is 13.2 Å². The second-order valence-corrected chi connectivity index (χ2v) is 11.0. The van der Waals surface area contributed by atoms with Crippen molar-refractivity contribution in [3.05, 3.63) is 56.5 Å². The number of amidine groups is 1. The fraction of sp³-hybridized carbons (Fsp3) is 0.370. The maximum atomic E-state index is 13.7. The summed E-state index contributed by atoms with van der Waals surface area (Å²) >= 11 is 3.49. The summed E-state index contributed by atoms with van der Waals surface area (Å²) in [5, 5.41) is 9.71. The molecule has 36 heavy (non-hydrogen) atoms. The van der Waals surface area contributed by atoms with Gasteiger partial charge in [0.25, 0.3) is 5.91 Å². The van der Waals surface area contributed by atoms with Crippen molar-refractivity contribution in [2.24, 2.45) is 10.9 Å². The third-order valence-corrected chi connectivity index (χ3v) is 7.97. The Bertz CT molecular complexity index is 1180. The summed E-state index contributed by atoms with van der Waals surface area (Å²) in [7, 11) is 0. The van der Waals surface area contributed by atoms with E-state index in [-0.39, 0.29) is 11.9 Å². The summed E-state index contributed by atoms with van der Waals surface area (Å²) in [6.45, 7) is 4.01. The number of carbonyl (C=O) groups is 2. The predicted molar refractivity (Wildman–Crippen MR) is 151 cm³/mol. The number of benzene rings is 2. The van der Waals surface area contributed by atoms with E-state index in [1.165, 1.54) is 18.2 Å². The summed E-state index contributed by atoms with van der Waals surface area (Å²) in [5.74, 6) is 0.141. The molecule has 1 saturated heterocycles. The summed E-state index contributed by atoms with van der Waals surface area (Å²) in [4.78, 5) is 32.1. The number of aliphatic imine (C=N–C) groups is 1. The van der Waals surface area contributed by atoms with Crippen LogP contribution in [0.3, 0.4) is 0 Å². The third-order valence-electron chi connectivity index (χ3n) is 6.19. The first-order chi connectivity index (χ1) is 17.4. The average molecular weight is 621 g/mol. The first kappa shape index (κ1) is 26.5. The number of amides is 1. The molecule has 1 aliphatic carbocycles. The molecular weight excluding hydrogens is 591 g/mol. The largest absolute Gasteiger partial charge is 0.490 e. The molecule has 2 atom stereocenters. The van der Waals surface area contributed by atoms with Gasteiger partial charge in [-0.25, -0.2) is 9.79 Å². The standard InChI is InChI=1S/C27H29IN2O5S/c1-3-34-22-14-18(13-20(28)25(22)35-16-24(31)32)15-23-26(33)30(21-12-8-7-9-17(21)2)27(36-23)29-19-10-5-4-6-11-19/h4-6,10-11,13-15,17,21H,3,7-9,12,16H2,1-2H3,(H,31,32)/b23-15-,29-27?/t17-,21+/m0/s1. The zero-order chi connectivity index (χ0) is 25.7. The maximum Gasteiger partial charge on any atom is 0.341 e. The van der Waals surface area contributed by atoms with Gasteiger partial charge in [-0.1, -0.05) is 38.0 Å². The number of hydrogen-bond donors (Lipinski definition) is 1. The fourth-order valence-corrected chi connectivity index (χ4v) is 6.34. The molecule has 190 valence electrons. The number of ether oxygens (including phenoxy) is 2. The zero-order valence-electron chi connectivity index (χ0n) is 20.3. The van der Waals surface area contributed by atoms with Gasteiger partial charge in [-0.05, 0) is 95.9 Å². The van der Waals surface area contributed by atoms with E-state index in [1.54, 1.807) is 6.07 Å². The second-order valence-electron chi connectivity index (χ2n) is 8.79. The molecule has 1 N–H and O–H groups in total. The molecule has 1 aliphatic heterocycles. The van der Waals surface area contributed by atoms with Crippen LogP contribution in [0.2, 0.25) is 0 Å². The molecule has 2 aromatic carbocycles. The molecule has 9 heteroatoms.